The van der Waals surface area contributed by atoms with E-state index in [9.17, 15) is 9.59 Å². The molecule has 2 amide bonds. The van der Waals surface area contributed by atoms with Crippen molar-refractivity contribution in [1.29, 1.82) is 0 Å². The maximum Gasteiger partial charge on any atom is 0.255 e. The van der Waals surface area contributed by atoms with Crippen LogP contribution in [0.15, 0.2) is 42.6 Å². The van der Waals surface area contributed by atoms with Crippen molar-refractivity contribution in [1.82, 2.24) is 14.8 Å². The van der Waals surface area contributed by atoms with Crippen molar-refractivity contribution in [2.24, 2.45) is 0 Å². The number of hydrogen-bond acceptors (Lipinski definition) is 4. The lowest BCUT2D eigenvalue weighted by Crippen LogP contribution is -2.48. The highest BCUT2D eigenvalue weighted by Gasteiger charge is 2.22. The predicted octanol–water partition coefficient (Wildman–Crippen LogP) is 1.56. The molecule has 2 aliphatic rings. The number of fused-ring (bicyclic) bond motifs is 1. The van der Waals surface area contributed by atoms with Gasteiger partial charge in [-0.05, 0) is 29.7 Å². The van der Waals surface area contributed by atoms with Gasteiger partial charge in [0.05, 0.1) is 5.56 Å². The van der Waals surface area contributed by atoms with Gasteiger partial charge in [0, 0.05) is 45.5 Å². The van der Waals surface area contributed by atoms with Gasteiger partial charge >= 0.3 is 0 Å². The molecule has 4 rings (SSSR count). The van der Waals surface area contributed by atoms with E-state index in [1.807, 2.05) is 12.1 Å². The molecule has 26 heavy (non-hydrogen) atoms. The molecule has 0 radical (unpaired) electrons. The normalized spacial score (nSPS) is 17.0. The highest BCUT2D eigenvalue weighted by molar-refractivity contribution is 5.94. The maximum absolute atomic E-state index is 12.6. The van der Waals surface area contributed by atoms with E-state index in [2.05, 4.69) is 34.1 Å². The lowest BCUT2D eigenvalue weighted by molar-refractivity contribution is -0.119. The molecule has 6 heteroatoms. The quantitative estimate of drug-likeness (QED) is 0.789. The second-order valence-corrected chi connectivity index (χ2v) is 6.78. The van der Waals surface area contributed by atoms with Crippen molar-refractivity contribution in [2.75, 3.05) is 37.6 Å². The fourth-order valence-electron chi connectivity index (χ4n) is 3.60. The van der Waals surface area contributed by atoms with Gasteiger partial charge in [-0.1, -0.05) is 24.3 Å². The molecule has 2 aromatic rings. The number of amides is 2. The summed E-state index contributed by atoms with van der Waals surface area (Å²) in [5, 5.41) is 0. The number of piperazine rings is 1. The van der Waals surface area contributed by atoms with Gasteiger partial charge in [0.25, 0.3) is 5.91 Å². The largest absolute Gasteiger partial charge is 0.352 e. The van der Waals surface area contributed by atoms with Crippen LogP contribution in [0.1, 0.15) is 21.5 Å². The lowest BCUT2D eigenvalue weighted by atomic mass is 10.00. The monoisotopic (exact) mass is 350 g/mol. The van der Waals surface area contributed by atoms with Crippen LogP contribution in [0.4, 0.5) is 5.82 Å². The van der Waals surface area contributed by atoms with E-state index in [0.717, 1.165) is 31.7 Å². The zero-order valence-corrected chi connectivity index (χ0v) is 14.7. The number of carbonyl (C=O) groups is 2. The van der Waals surface area contributed by atoms with Crippen molar-refractivity contribution < 1.29 is 9.59 Å². The van der Waals surface area contributed by atoms with Crippen LogP contribution in [0.5, 0.6) is 0 Å². The van der Waals surface area contributed by atoms with Crippen LogP contribution in [0.25, 0.3) is 0 Å². The van der Waals surface area contributed by atoms with Crippen LogP contribution in [-0.2, 0) is 17.8 Å². The summed E-state index contributed by atoms with van der Waals surface area (Å²) in [6.07, 6.45) is 3.53. The van der Waals surface area contributed by atoms with Gasteiger partial charge in [-0.2, -0.15) is 0 Å². The van der Waals surface area contributed by atoms with Gasteiger partial charge in [-0.3, -0.25) is 9.59 Å². The SMILES string of the molecule is O=CN1CCN(C(=O)c2ccc(N3CCc4ccccc4C3)nc2)CC1. The van der Waals surface area contributed by atoms with Crippen LogP contribution in [-0.4, -0.2) is 59.8 Å². The zero-order chi connectivity index (χ0) is 17.9. The van der Waals surface area contributed by atoms with Crippen LogP contribution in [0.2, 0.25) is 0 Å². The summed E-state index contributed by atoms with van der Waals surface area (Å²) < 4.78 is 0. The van der Waals surface area contributed by atoms with Crippen LogP contribution >= 0.6 is 0 Å². The lowest BCUT2D eigenvalue weighted by Gasteiger charge is -2.32. The average Bonchev–Trinajstić information content (AvgIpc) is 2.73. The van der Waals surface area contributed by atoms with E-state index < -0.39 is 0 Å². The first kappa shape index (κ1) is 16.6. The maximum atomic E-state index is 12.6. The zero-order valence-electron chi connectivity index (χ0n) is 14.7. The minimum atomic E-state index is -0.0152. The molecule has 2 aliphatic heterocycles. The highest BCUT2D eigenvalue weighted by Crippen LogP contribution is 2.23. The molecule has 134 valence electrons. The number of pyridine rings is 1. The van der Waals surface area contributed by atoms with E-state index in [-0.39, 0.29) is 5.91 Å². The summed E-state index contributed by atoms with van der Waals surface area (Å²) in [5.41, 5.74) is 3.35. The molecule has 0 spiro atoms. The third-order valence-electron chi connectivity index (χ3n) is 5.20. The first-order valence-electron chi connectivity index (χ1n) is 9.01. The second-order valence-electron chi connectivity index (χ2n) is 6.78. The van der Waals surface area contributed by atoms with Crippen LogP contribution in [0, 0.1) is 0 Å². The Labute approximate surface area is 153 Å². The smallest absolute Gasteiger partial charge is 0.255 e. The van der Waals surface area contributed by atoms with Crippen LogP contribution in [0.3, 0.4) is 0 Å². The molecule has 1 aromatic heterocycles. The molecule has 0 atom stereocenters. The Morgan fingerprint density at radius 1 is 0.962 bits per heavy atom. The fourth-order valence-corrected chi connectivity index (χ4v) is 3.60. The topological polar surface area (TPSA) is 56.8 Å². The Bertz CT molecular complexity index is 798. The summed E-state index contributed by atoms with van der Waals surface area (Å²) in [7, 11) is 0. The standard InChI is InChI=1S/C20H22N4O2/c25-15-22-9-11-23(12-10-22)20(26)17-5-6-19(21-13-17)24-8-7-16-3-1-2-4-18(16)14-24/h1-6,13,15H,7-12,14H2. The molecule has 0 aliphatic carbocycles. The first-order chi connectivity index (χ1) is 12.7. The number of nitrogens with zero attached hydrogens (tertiary/aromatic N) is 4. The van der Waals surface area contributed by atoms with Gasteiger partial charge < -0.3 is 14.7 Å². The summed E-state index contributed by atoms with van der Waals surface area (Å²) in [5.74, 6) is 0.889. The molecule has 1 aromatic carbocycles. The Balaban J connectivity index is 1.43. The Kier molecular flexibility index (Phi) is 4.56. The second kappa shape index (κ2) is 7.15. The molecule has 3 heterocycles. The number of benzene rings is 1. The van der Waals surface area contributed by atoms with Gasteiger partial charge in [0.2, 0.25) is 6.41 Å². The molecule has 0 bridgehead atoms. The molecular formula is C20H22N4O2. The Hall–Kier alpha value is -2.89. The number of carbonyl (C=O) groups excluding carboxylic acids is 2. The minimum absolute atomic E-state index is 0.0152. The Morgan fingerprint density at radius 2 is 1.73 bits per heavy atom. The molecule has 6 nitrogen and oxygen atoms in total. The summed E-state index contributed by atoms with van der Waals surface area (Å²) in [4.78, 5) is 33.7. The number of aromatic nitrogens is 1. The summed E-state index contributed by atoms with van der Waals surface area (Å²) >= 11 is 0. The van der Waals surface area contributed by atoms with E-state index >= 15 is 0 Å². The van der Waals surface area contributed by atoms with Gasteiger partial charge in [-0.15, -0.1) is 0 Å². The molecule has 1 saturated heterocycles. The average molecular weight is 350 g/mol. The summed E-state index contributed by atoms with van der Waals surface area (Å²) in [6.45, 7) is 4.11. The van der Waals surface area contributed by atoms with Crippen molar-refractivity contribution >= 4 is 18.1 Å². The Morgan fingerprint density at radius 3 is 2.42 bits per heavy atom. The highest BCUT2D eigenvalue weighted by atomic mass is 16.2. The van der Waals surface area contributed by atoms with E-state index in [1.165, 1.54) is 11.1 Å². The summed E-state index contributed by atoms with van der Waals surface area (Å²) in [6, 6.07) is 12.3. The molecule has 0 unspecified atom stereocenters. The van der Waals surface area contributed by atoms with Crippen molar-refractivity contribution in [3.63, 3.8) is 0 Å². The minimum Gasteiger partial charge on any atom is -0.352 e. The van der Waals surface area contributed by atoms with Gasteiger partial charge in [-0.25, -0.2) is 4.98 Å². The molecule has 0 saturated carbocycles. The van der Waals surface area contributed by atoms with E-state index in [4.69, 9.17) is 0 Å². The van der Waals surface area contributed by atoms with Gasteiger partial charge in [0.1, 0.15) is 5.82 Å². The number of hydrogen-bond donors (Lipinski definition) is 0. The van der Waals surface area contributed by atoms with E-state index in [1.54, 1.807) is 16.0 Å². The number of anilines is 1. The fraction of sp³-hybridized carbons (Fsp3) is 0.350. The van der Waals surface area contributed by atoms with Crippen molar-refractivity contribution in [3.8, 4) is 0 Å². The first-order valence-corrected chi connectivity index (χ1v) is 9.01. The molecule has 1 fully saturated rings. The van der Waals surface area contributed by atoms with Gasteiger partial charge in [0.15, 0.2) is 0 Å². The number of rotatable bonds is 3. The third kappa shape index (κ3) is 3.27. The third-order valence-corrected chi connectivity index (χ3v) is 5.20. The van der Waals surface area contributed by atoms with Crippen molar-refractivity contribution in [2.45, 2.75) is 13.0 Å². The van der Waals surface area contributed by atoms with Crippen molar-refractivity contribution in [3.05, 3.63) is 59.3 Å². The van der Waals surface area contributed by atoms with Crippen LogP contribution < -0.4 is 4.90 Å². The molecular weight excluding hydrogens is 328 g/mol. The van der Waals surface area contributed by atoms with E-state index in [0.29, 0.717) is 31.7 Å². The molecule has 0 N–H and O–H groups in total. The predicted molar refractivity (Wildman–Crippen MR) is 99.0 cm³/mol.